The third-order valence-electron chi connectivity index (χ3n) is 2.93. The van der Waals surface area contributed by atoms with Crippen molar-refractivity contribution >= 4 is 8.80 Å². The van der Waals surface area contributed by atoms with E-state index in [-0.39, 0.29) is 0 Å². The smallest absolute Gasteiger partial charge is 0.174 e. The summed E-state index contributed by atoms with van der Waals surface area (Å²) in [4.78, 5) is 0. The van der Waals surface area contributed by atoms with Gasteiger partial charge in [0.05, 0.1) is 0 Å². The normalized spacial score (nSPS) is 21.0. The minimum Gasteiger partial charge on any atom is -0.174 e. The van der Waals surface area contributed by atoms with Crippen molar-refractivity contribution in [2.24, 2.45) is 0 Å². The van der Waals surface area contributed by atoms with Crippen molar-refractivity contribution in [2.45, 2.75) is 50.5 Å². The van der Waals surface area contributed by atoms with Crippen LogP contribution in [0.2, 0.25) is 5.54 Å². The van der Waals surface area contributed by atoms with Gasteiger partial charge in [-0.3, -0.25) is 0 Å². The van der Waals surface area contributed by atoms with Crippen LogP contribution in [0.3, 0.4) is 0 Å². The molecule has 0 aromatic heterocycles. The van der Waals surface area contributed by atoms with Gasteiger partial charge < -0.3 is 0 Å². The predicted octanol–water partition coefficient (Wildman–Crippen LogP) is 3.74. The molecule has 0 heterocycles. The summed E-state index contributed by atoms with van der Waals surface area (Å²) in [5.41, 5.74) is -0.627. The summed E-state index contributed by atoms with van der Waals surface area (Å²) in [6.45, 7) is 0. The van der Waals surface area contributed by atoms with Crippen LogP contribution in [0.25, 0.3) is 0 Å². The van der Waals surface area contributed by atoms with E-state index in [9.17, 15) is 13.6 Å². The Balaban J connectivity index is 2.62. The van der Waals surface area contributed by atoms with Crippen LogP contribution in [0.4, 0.5) is 13.6 Å². The first-order chi connectivity index (χ1) is 7.29. The average molecular weight is 244 g/mol. The van der Waals surface area contributed by atoms with E-state index in [4.69, 9.17) is 0 Å². The maximum atomic E-state index is 12.2. The second-order valence-corrected chi connectivity index (χ2v) is 6.36. The molecule has 0 unspecified atom stereocenters. The first-order valence-corrected chi connectivity index (χ1v) is 6.98. The highest BCUT2D eigenvalue weighted by molar-refractivity contribution is 6.61. The van der Waals surface area contributed by atoms with Crippen molar-refractivity contribution in [1.82, 2.24) is 0 Å². The van der Waals surface area contributed by atoms with E-state index in [2.05, 4.69) is 13.9 Å². The molecule has 0 spiro atoms. The molecule has 1 fully saturated rings. The lowest BCUT2D eigenvalue weighted by Crippen LogP contribution is -2.44. The summed E-state index contributed by atoms with van der Waals surface area (Å²) in [5.74, 6) is 0. The number of hydrogen-bond acceptors (Lipinski definition) is 3. The van der Waals surface area contributed by atoms with Crippen LogP contribution in [0.15, 0.2) is 0 Å². The van der Waals surface area contributed by atoms with E-state index in [0.717, 1.165) is 32.1 Å². The standard InChI is InChI=1S/C8H15F3O3Si/c9-12-15(13-10,14-11)8-6-4-2-1-3-5-7-8/h8H,1-7H2. The molecule has 1 saturated carbocycles. The Hall–Kier alpha value is -0.113. The molecule has 0 radical (unpaired) electrons. The first-order valence-electron chi connectivity index (χ1n) is 5.18. The molecule has 0 bridgehead atoms. The summed E-state index contributed by atoms with van der Waals surface area (Å²) in [5, 5.41) is 0. The van der Waals surface area contributed by atoms with Crippen LogP contribution in [-0.2, 0) is 13.9 Å². The molecule has 1 rings (SSSR count). The highest BCUT2D eigenvalue weighted by Gasteiger charge is 2.54. The number of rotatable bonds is 4. The maximum absolute atomic E-state index is 12.2. The summed E-state index contributed by atoms with van der Waals surface area (Å²) in [6.07, 6.45) is 5.58. The minimum absolute atomic E-state index is 0.476. The van der Waals surface area contributed by atoms with Crippen molar-refractivity contribution in [2.75, 3.05) is 0 Å². The Labute approximate surface area is 87.6 Å². The van der Waals surface area contributed by atoms with Crippen molar-refractivity contribution < 1.29 is 27.5 Å². The summed E-state index contributed by atoms with van der Waals surface area (Å²) in [7, 11) is -4.37. The largest absolute Gasteiger partial charge is 0.604 e. The van der Waals surface area contributed by atoms with Gasteiger partial charge in [0.1, 0.15) is 0 Å². The molecule has 7 heteroatoms. The molecule has 0 atom stereocenters. The molecule has 0 N–H and O–H groups in total. The first kappa shape index (κ1) is 13.0. The molecule has 0 aromatic rings. The van der Waals surface area contributed by atoms with Gasteiger partial charge in [-0.2, -0.15) is 13.9 Å². The highest BCUT2D eigenvalue weighted by atomic mass is 28.4. The fourth-order valence-electron chi connectivity index (χ4n) is 2.03. The Kier molecular flexibility index (Phi) is 5.58. The van der Waals surface area contributed by atoms with Crippen molar-refractivity contribution in [3.05, 3.63) is 0 Å². The van der Waals surface area contributed by atoms with E-state index in [1.807, 2.05) is 0 Å². The molecule has 90 valence electrons. The van der Waals surface area contributed by atoms with Crippen molar-refractivity contribution in [3.8, 4) is 0 Å². The molecule has 15 heavy (non-hydrogen) atoms. The molecule has 1 aliphatic carbocycles. The molecule has 3 nitrogen and oxygen atoms in total. The Morgan fingerprint density at radius 1 is 0.733 bits per heavy atom. The molecule has 1 aliphatic rings. The van der Waals surface area contributed by atoms with Gasteiger partial charge in [0.25, 0.3) is 0 Å². The zero-order valence-electron chi connectivity index (χ0n) is 8.39. The number of halogens is 3. The second kappa shape index (κ2) is 6.47. The maximum Gasteiger partial charge on any atom is 0.604 e. The fourth-order valence-corrected chi connectivity index (χ4v) is 3.60. The highest BCUT2D eigenvalue weighted by Crippen LogP contribution is 2.37. The summed E-state index contributed by atoms with van der Waals surface area (Å²) >= 11 is 0. The fraction of sp³-hybridized carbons (Fsp3) is 1.00. The zero-order chi connectivity index (χ0) is 11.1. The van der Waals surface area contributed by atoms with Crippen molar-refractivity contribution in [1.29, 1.82) is 0 Å². The van der Waals surface area contributed by atoms with Gasteiger partial charge in [0.2, 0.25) is 0 Å². The second-order valence-electron chi connectivity index (χ2n) is 3.88. The topological polar surface area (TPSA) is 27.7 Å². The van der Waals surface area contributed by atoms with Gasteiger partial charge in [0.15, 0.2) is 0 Å². The summed E-state index contributed by atoms with van der Waals surface area (Å²) in [6, 6.07) is 0. The lowest BCUT2D eigenvalue weighted by atomic mass is 10.0. The summed E-state index contributed by atoms with van der Waals surface area (Å²) < 4.78 is 46.4. The molecular weight excluding hydrogens is 229 g/mol. The van der Waals surface area contributed by atoms with Gasteiger partial charge >= 0.3 is 8.80 Å². The van der Waals surface area contributed by atoms with Crippen LogP contribution in [0.1, 0.15) is 44.9 Å². The lowest BCUT2D eigenvalue weighted by Gasteiger charge is -2.26. The van der Waals surface area contributed by atoms with Crippen LogP contribution in [0, 0.1) is 0 Å². The van der Waals surface area contributed by atoms with E-state index in [0.29, 0.717) is 12.8 Å². The van der Waals surface area contributed by atoms with Crippen LogP contribution in [0.5, 0.6) is 0 Å². The van der Waals surface area contributed by atoms with Crippen LogP contribution < -0.4 is 0 Å². The van der Waals surface area contributed by atoms with Gasteiger partial charge in [0, 0.05) is 5.54 Å². The quantitative estimate of drug-likeness (QED) is 0.705. The molecule has 0 aromatic carbocycles. The third-order valence-corrected chi connectivity index (χ3v) is 5.15. The Morgan fingerprint density at radius 2 is 1.13 bits per heavy atom. The monoisotopic (exact) mass is 244 g/mol. The average Bonchev–Trinajstić information content (AvgIpc) is 2.23. The van der Waals surface area contributed by atoms with Crippen molar-refractivity contribution in [3.63, 3.8) is 0 Å². The van der Waals surface area contributed by atoms with E-state index < -0.39 is 14.3 Å². The Bertz CT molecular complexity index is 164. The Morgan fingerprint density at radius 3 is 1.53 bits per heavy atom. The van der Waals surface area contributed by atoms with Gasteiger partial charge in [-0.05, 0) is 12.8 Å². The number of hydrogen-bond donors (Lipinski definition) is 0. The van der Waals surface area contributed by atoms with E-state index in [1.165, 1.54) is 0 Å². The van der Waals surface area contributed by atoms with Crippen LogP contribution >= 0.6 is 0 Å². The minimum atomic E-state index is -4.37. The predicted molar refractivity (Wildman–Crippen MR) is 48.4 cm³/mol. The van der Waals surface area contributed by atoms with Gasteiger partial charge in [-0.15, -0.1) is 0 Å². The molecule has 0 aliphatic heterocycles. The molecular formula is C8H15F3O3Si. The zero-order valence-corrected chi connectivity index (χ0v) is 9.39. The van der Waals surface area contributed by atoms with Gasteiger partial charge in [-0.25, -0.2) is 0 Å². The lowest BCUT2D eigenvalue weighted by molar-refractivity contribution is -0.217. The van der Waals surface area contributed by atoms with E-state index in [1.54, 1.807) is 0 Å². The molecule has 0 saturated heterocycles. The van der Waals surface area contributed by atoms with Gasteiger partial charge in [-0.1, -0.05) is 45.7 Å². The third kappa shape index (κ3) is 3.17. The SMILES string of the molecule is FO[Si](OF)(OF)C1CCCCCCC1. The molecule has 0 amide bonds. The van der Waals surface area contributed by atoms with Crippen LogP contribution in [-0.4, -0.2) is 8.80 Å². The van der Waals surface area contributed by atoms with E-state index >= 15 is 0 Å².